The maximum absolute atomic E-state index is 13.3. The van der Waals surface area contributed by atoms with Gasteiger partial charge in [-0.1, -0.05) is 26.2 Å². The molecule has 0 amide bonds. The first-order chi connectivity index (χ1) is 9.05. The molecule has 0 bridgehead atoms. The molecule has 0 spiro atoms. The molecule has 19 heavy (non-hydrogen) atoms. The highest BCUT2D eigenvalue weighted by Gasteiger charge is 2.40. The van der Waals surface area contributed by atoms with Crippen molar-refractivity contribution < 1.29 is 8.78 Å². The Morgan fingerprint density at radius 1 is 1.11 bits per heavy atom. The SMILES string of the molecule is CCC1CCCC(C(NC)C2CCC(F)(F)CC2)C1. The number of rotatable bonds is 4. The van der Waals surface area contributed by atoms with E-state index in [0.717, 1.165) is 5.92 Å². The van der Waals surface area contributed by atoms with Crippen LogP contribution >= 0.6 is 0 Å². The zero-order valence-electron chi connectivity index (χ0n) is 12.4. The summed E-state index contributed by atoms with van der Waals surface area (Å²) in [4.78, 5) is 0. The van der Waals surface area contributed by atoms with Crippen LogP contribution in [0.25, 0.3) is 0 Å². The van der Waals surface area contributed by atoms with Gasteiger partial charge in [-0.3, -0.25) is 0 Å². The Bertz CT molecular complexity index is 270. The van der Waals surface area contributed by atoms with E-state index in [1.54, 1.807) is 0 Å². The minimum atomic E-state index is -2.40. The van der Waals surface area contributed by atoms with Gasteiger partial charge in [0.1, 0.15) is 0 Å². The summed E-state index contributed by atoms with van der Waals surface area (Å²) in [6, 6.07) is 0.463. The molecule has 2 aliphatic carbocycles. The molecule has 112 valence electrons. The first kappa shape index (κ1) is 15.2. The zero-order valence-corrected chi connectivity index (χ0v) is 12.4. The van der Waals surface area contributed by atoms with Gasteiger partial charge in [0, 0.05) is 18.9 Å². The fraction of sp³-hybridized carbons (Fsp3) is 1.00. The average molecular weight is 273 g/mol. The summed E-state index contributed by atoms with van der Waals surface area (Å²) in [5.74, 6) is -0.363. The Balaban J connectivity index is 1.92. The van der Waals surface area contributed by atoms with Crippen LogP contribution in [0.15, 0.2) is 0 Å². The van der Waals surface area contributed by atoms with E-state index in [1.165, 1.54) is 32.1 Å². The van der Waals surface area contributed by atoms with Gasteiger partial charge in [-0.25, -0.2) is 8.78 Å². The highest BCUT2D eigenvalue weighted by atomic mass is 19.3. The second-order valence-electron chi connectivity index (χ2n) is 6.71. The predicted molar refractivity (Wildman–Crippen MR) is 75.5 cm³/mol. The van der Waals surface area contributed by atoms with Gasteiger partial charge in [0.2, 0.25) is 5.92 Å². The van der Waals surface area contributed by atoms with E-state index in [2.05, 4.69) is 12.2 Å². The molecule has 2 rings (SSSR count). The van der Waals surface area contributed by atoms with Crippen LogP contribution in [0.2, 0.25) is 0 Å². The largest absolute Gasteiger partial charge is 0.316 e. The lowest BCUT2D eigenvalue weighted by molar-refractivity contribution is -0.0529. The number of halogens is 2. The van der Waals surface area contributed by atoms with Crippen molar-refractivity contribution in [2.75, 3.05) is 7.05 Å². The van der Waals surface area contributed by atoms with Crippen molar-refractivity contribution in [2.45, 2.75) is 76.7 Å². The molecule has 2 saturated carbocycles. The second kappa shape index (κ2) is 6.51. The predicted octanol–water partition coefficient (Wildman–Crippen LogP) is 4.62. The molecule has 0 aromatic carbocycles. The van der Waals surface area contributed by atoms with Crippen LogP contribution in [0.5, 0.6) is 0 Å². The molecule has 0 aromatic rings. The maximum Gasteiger partial charge on any atom is 0.248 e. The van der Waals surface area contributed by atoms with Gasteiger partial charge in [0.25, 0.3) is 0 Å². The van der Waals surface area contributed by atoms with Gasteiger partial charge in [0.15, 0.2) is 0 Å². The van der Waals surface area contributed by atoms with Crippen molar-refractivity contribution in [3.8, 4) is 0 Å². The lowest BCUT2D eigenvalue weighted by Gasteiger charge is -2.41. The summed E-state index contributed by atoms with van der Waals surface area (Å²) in [7, 11) is 2.02. The Morgan fingerprint density at radius 2 is 1.79 bits per heavy atom. The molecule has 1 nitrogen and oxygen atoms in total. The van der Waals surface area contributed by atoms with E-state index in [-0.39, 0.29) is 12.8 Å². The monoisotopic (exact) mass is 273 g/mol. The Morgan fingerprint density at radius 3 is 2.37 bits per heavy atom. The van der Waals surface area contributed by atoms with Gasteiger partial charge in [-0.15, -0.1) is 0 Å². The van der Waals surface area contributed by atoms with Crippen LogP contribution in [0.1, 0.15) is 64.7 Å². The summed E-state index contributed by atoms with van der Waals surface area (Å²) in [5.41, 5.74) is 0. The van der Waals surface area contributed by atoms with E-state index in [4.69, 9.17) is 0 Å². The van der Waals surface area contributed by atoms with Crippen LogP contribution in [0, 0.1) is 17.8 Å². The molecule has 3 atom stereocenters. The minimum Gasteiger partial charge on any atom is -0.316 e. The van der Waals surface area contributed by atoms with Gasteiger partial charge in [0.05, 0.1) is 0 Å². The number of hydrogen-bond acceptors (Lipinski definition) is 1. The van der Waals surface area contributed by atoms with Crippen molar-refractivity contribution in [2.24, 2.45) is 17.8 Å². The van der Waals surface area contributed by atoms with Gasteiger partial charge in [-0.2, -0.15) is 0 Å². The molecule has 0 aliphatic heterocycles. The molecule has 2 fully saturated rings. The van der Waals surface area contributed by atoms with Crippen LogP contribution in [-0.2, 0) is 0 Å². The van der Waals surface area contributed by atoms with Crippen molar-refractivity contribution in [1.29, 1.82) is 0 Å². The first-order valence-corrected chi connectivity index (χ1v) is 8.11. The molecule has 0 aromatic heterocycles. The number of alkyl halides is 2. The molecule has 2 aliphatic rings. The standard InChI is InChI=1S/C16H29F2N/c1-3-12-5-4-6-14(11-12)15(19-2)13-7-9-16(17,18)10-8-13/h12-15,19H,3-11H2,1-2H3. The molecule has 3 unspecified atom stereocenters. The van der Waals surface area contributed by atoms with Crippen molar-refractivity contribution >= 4 is 0 Å². The maximum atomic E-state index is 13.3. The van der Waals surface area contributed by atoms with Crippen molar-refractivity contribution in [3.63, 3.8) is 0 Å². The third-order valence-corrected chi connectivity index (χ3v) is 5.51. The quantitative estimate of drug-likeness (QED) is 0.788. The average Bonchev–Trinajstić information content (AvgIpc) is 2.41. The molecule has 1 N–H and O–H groups in total. The van der Waals surface area contributed by atoms with Crippen LogP contribution in [0.4, 0.5) is 8.78 Å². The topological polar surface area (TPSA) is 12.0 Å². The fourth-order valence-corrected chi connectivity index (χ4v) is 4.31. The summed E-state index contributed by atoms with van der Waals surface area (Å²) in [6.07, 6.45) is 8.15. The molecule has 3 heteroatoms. The summed E-state index contributed by atoms with van der Waals surface area (Å²) in [5, 5.41) is 3.47. The normalized spacial score (nSPS) is 34.1. The highest BCUT2D eigenvalue weighted by Crippen LogP contribution is 2.42. The fourth-order valence-electron chi connectivity index (χ4n) is 4.31. The van der Waals surface area contributed by atoms with Crippen LogP contribution in [-0.4, -0.2) is 19.0 Å². The molecule has 0 heterocycles. The van der Waals surface area contributed by atoms with E-state index in [0.29, 0.717) is 30.7 Å². The third kappa shape index (κ3) is 3.90. The van der Waals surface area contributed by atoms with Crippen molar-refractivity contribution in [3.05, 3.63) is 0 Å². The smallest absolute Gasteiger partial charge is 0.248 e. The van der Waals surface area contributed by atoms with Gasteiger partial charge >= 0.3 is 0 Å². The number of nitrogens with one attached hydrogen (secondary N) is 1. The minimum absolute atomic E-state index is 0.0970. The lowest BCUT2D eigenvalue weighted by Crippen LogP contribution is -2.44. The van der Waals surface area contributed by atoms with Crippen LogP contribution < -0.4 is 5.32 Å². The highest BCUT2D eigenvalue weighted by molar-refractivity contribution is 4.90. The summed E-state index contributed by atoms with van der Waals surface area (Å²) < 4.78 is 26.6. The molecular formula is C16H29F2N. The molecule has 0 saturated heterocycles. The van der Waals surface area contributed by atoms with E-state index in [9.17, 15) is 8.78 Å². The zero-order chi connectivity index (χ0) is 13.9. The summed E-state index contributed by atoms with van der Waals surface area (Å²) >= 11 is 0. The Kier molecular flexibility index (Phi) is 5.22. The molecular weight excluding hydrogens is 244 g/mol. The second-order valence-corrected chi connectivity index (χ2v) is 6.71. The van der Waals surface area contributed by atoms with Crippen molar-refractivity contribution in [1.82, 2.24) is 5.32 Å². The van der Waals surface area contributed by atoms with Gasteiger partial charge < -0.3 is 5.32 Å². The number of hydrogen-bond donors (Lipinski definition) is 1. The third-order valence-electron chi connectivity index (χ3n) is 5.51. The van der Waals surface area contributed by atoms with Crippen LogP contribution in [0.3, 0.4) is 0 Å². The van der Waals surface area contributed by atoms with Gasteiger partial charge in [-0.05, 0) is 50.5 Å². The van der Waals surface area contributed by atoms with E-state index < -0.39 is 5.92 Å². The Hall–Kier alpha value is -0.180. The first-order valence-electron chi connectivity index (χ1n) is 8.11. The summed E-state index contributed by atoms with van der Waals surface area (Å²) in [6.45, 7) is 2.28. The van der Waals surface area contributed by atoms with E-state index >= 15 is 0 Å². The lowest BCUT2D eigenvalue weighted by atomic mass is 9.70. The Labute approximate surface area is 116 Å². The molecule has 0 radical (unpaired) electrons. The van der Waals surface area contributed by atoms with E-state index in [1.807, 2.05) is 7.05 Å².